The van der Waals surface area contributed by atoms with Crippen molar-refractivity contribution in [2.24, 2.45) is 0 Å². The van der Waals surface area contributed by atoms with Gasteiger partial charge < -0.3 is 5.32 Å². The quantitative estimate of drug-likeness (QED) is 0.655. The van der Waals surface area contributed by atoms with Crippen LogP contribution in [-0.4, -0.2) is 43.3 Å². The van der Waals surface area contributed by atoms with E-state index < -0.39 is 26.5 Å². The molecule has 1 saturated heterocycles. The van der Waals surface area contributed by atoms with Gasteiger partial charge in [0, 0.05) is 31.7 Å². The lowest BCUT2D eigenvalue weighted by atomic mass is 10.2. The maximum absolute atomic E-state index is 13.8. The van der Waals surface area contributed by atoms with E-state index in [4.69, 9.17) is 0 Å². The summed E-state index contributed by atoms with van der Waals surface area (Å²) in [6.07, 6.45) is 0. The first-order chi connectivity index (χ1) is 9.73. The molecule has 124 valence electrons. The Balaban J connectivity index is 0.00000242. The fraction of sp³-hybridized carbons (Fsp3) is 0.500. The van der Waals surface area contributed by atoms with Gasteiger partial charge in [0.2, 0.25) is 10.0 Å². The number of rotatable bonds is 3. The SMILES string of the molecule is Cc1c(F)cc(S(=O)(=O)N2CCNC(C)C2)cc1[N+](=O)[O-].Cl. The van der Waals surface area contributed by atoms with E-state index in [1.54, 1.807) is 0 Å². The number of benzene rings is 1. The molecule has 1 aliphatic heterocycles. The molecule has 10 heteroatoms. The Morgan fingerprint density at radius 1 is 1.45 bits per heavy atom. The summed E-state index contributed by atoms with van der Waals surface area (Å²) in [7, 11) is -3.94. The molecule has 1 aliphatic rings. The van der Waals surface area contributed by atoms with Crippen LogP contribution >= 0.6 is 12.4 Å². The smallest absolute Gasteiger partial charge is 0.276 e. The minimum absolute atomic E-state index is 0. The fourth-order valence-corrected chi connectivity index (χ4v) is 3.81. The van der Waals surface area contributed by atoms with Crippen molar-refractivity contribution in [2.75, 3.05) is 19.6 Å². The minimum Gasteiger partial charge on any atom is -0.312 e. The molecule has 0 saturated carbocycles. The maximum Gasteiger partial charge on any atom is 0.276 e. The molecule has 1 heterocycles. The normalized spacial score (nSPS) is 19.5. The number of sulfonamides is 1. The Labute approximate surface area is 134 Å². The van der Waals surface area contributed by atoms with Gasteiger partial charge in [-0.15, -0.1) is 12.4 Å². The summed E-state index contributed by atoms with van der Waals surface area (Å²) in [5.74, 6) is -0.897. The molecule has 1 aromatic rings. The number of hydrogen-bond acceptors (Lipinski definition) is 5. The van der Waals surface area contributed by atoms with Gasteiger partial charge in [0.05, 0.1) is 15.4 Å². The standard InChI is InChI=1S/C12H16FN3O4S.ClH/c1-8-7-15(4-3-14-8)21(19,20)10-5-11(13)9(2)12(6-10)16(17)18;/h5-6,8,14H,3-4,7H2,1-2H3;1H. The topological polar surface area (TPSA) is 92.6 Å². The summed E-state index contributed by atoms with van der Waals surface area (Å²) in [6.45, 7) is 4.05. The van der Waals surface area contributed by atoms with Gasteiger partial charge in [0.1, 0.15) is 5.82 Å². The van der Waals surface area contributed by atoms with Crippen LogP contribution in [0.3, 0.4) is 0 Å². The highest BCUT2D eigenvalue weighted by Gasteiger charge is 2.31. The lowest BCUT2D eigenvalue weighted by molar-refractivity contribution is -0.385. The second-order valence-corrected chi connectivity index (χ2v) is 6.96. The first kappa shape index (κ1) is 18.8. The molecule has 0 spiro atoms. The van der Waals surface area contributed by atoms with Gasteiger partial charge in [-0.05, 0) is 19.9 Å². The molecule has 0 bridgehead atoms. The number of halogens is 2. The van der Waals surface area contributed by atoms with Gasteiger partial charge in [-0.3, -0.25) is 10.1 Å². The number of hydrogen-bond donors (Lipinski definition) is 1. The number of piperazine rings is 1. The fourth-order valence-electron chi connectivity index (χ4n) is 2.24. The van der Waals surface area contributed by atoms with Gasteiger partial charge in [0.25, 0.3) is 5.69 Å². The molecule has 1 N–H and O–H groups in total. The Kier molecular flexibility index (Phi) is 5.85. The largest absolute Gasteiger partial charge is 0.312 e. The van der Waals surface area contributed by atoms with Crippen molar-refractivity contribution in [3.63, 3.8) is 0 Å². The Bertz CT molecular complexity index is 683. The van der Waals surface area contributed by atoms with Crippen LogP contribution in [0.5, 0.6) is 0 Å². The number of nitro groups is 1. The highest BCUT2D eigenvalue weighted by molar-refractivity contribution is 7.89. The third kappa shape index (κ3) is 3.54. The molecule has 0 amide bonds. The zero-order chi connectivity index (χ0) is 15.8. The second-order valence-electron chi connectivity index (χ2n) is 5.02. The van der Waals surface area contributed by atoms with Crippen LogP contribution in [0.2, 0.25) is 0 Å². The van der Waals surface area contributed by atoms with E-state index in [2.05, 4.69) is 5.32 Å². The van der Waals surface area contributed by atoms with E-state index >= 15 is 0 Å². The molecule has 1 atom stereocenters. The molecule has 1 aromatic carbocycles. The van der Waals surface area contributed by atoms with Crippen LogP contribution in [0.25, 0.3) is 0 Å². The highest BCUT2D eigenvalue weighted by Crippen LogP contribution is 2.27. The zero-order valence-electron chi connectivity index (χ0n) is 12.1. The monoisotopic (exact) mass is 353 g/mol. The molecule has 1 fully saturated rings. The zero-order valence-corrected chi connectivity index (χ0v) is 13.7. The van der Waals surface area contributed by atoms with Gasteiger partial charge >= 0.3 is 0 Å². The predicted molar refractivity (Wildman–Crippen MR) is 81.3 cm³/mol. The molecule has 0 aliphatic carbocycles. The third-order valence-electron chi connectivity index (χ3n) is 3.46. The number of nitrogens with one attached hydrogen (secondary N) is 1. The van der Waals surface area contributed by atoms with Crippen molar-refractivity contribution in [3.05, 3.63) is 33.6 Å². The Morgan fingerprint density at radius 2 is 2.09 bits per heavy atom. The van der Waals surface area contributed by atoms with Crippen molar-refractivity contribution in [1.82, 2.24) is 9.62 Å². The molecule has 0 radical (unpaired) electrons. The van der Waals surface area contributed by atoms with E-state index in [0.717, 1.165) is 12.1 Å². The molecule has 22 heavy (non-hydrogen) atoms. The van der Waals surface area contributed by atoms with Crippen molar-refractivity contribution in [2.45, 2.75) is 24.8 Å². The van der Waals surface area contributed by atoms with Crippen LogP contribution in [0.4, 0.5) is 10.1 Å². The van der Waals surface area contributed by atoms with Crippen LogP contribution in [0.15, 0.2) is 17.0 Å². The van der Waals surface area contributed by atoms with E-state index in [0.29, 0.717) is 6.54 Å². The number of nitrogens with zero attached hydrogens (tertiary/aromatic N) is 2. The summed E-state index contributed by atoms with van der Waals surface area (Å²) in [4.78, 5) is 9.74. The van der Waals surface area contributed by atoms with E-state index in [1.807, 2.05) is 6.92 Å². The van der Waals surface area contributed by atoms with Gasteiger partial charge in [-0.1, -0.05) is 0 Å². The predicted octanol–water partition coefficient (Wildman–Crippen LogP) is 1.45. The average molecular weight is 354 g/mol. The van der Waals surface area contributed by atoms with Gasteiger partial charge in [-0.25, -0.2) is 12.8 Å². The third-order valence-corrected chi connectivity index (χ3v) is 5.30. The first-order valence-corrected chi connectivity index (χ1v) is 7.85. The molecule has 1 unspecified atom stereocenters. The van der Waals surface area contributed by atoms with Crippen LogP contribution < -0.4 is 5.32 Å². The van der Waals surface area contributed by atoms with Crippen molar-refractivity contribution in [3.8, 4) is 0 Å². The second kappa shape index (κ2) is 6.86. The summed E-state index contributed by atoms with van der Waals surface area (Å²) < 4.78 is 39.9. The summed E-state index contributed by atoms with van der Waals surface area (Å²) >= 11 is 0. The van der Waals surface area contributed by atoms with E-state index in [-0.39, 0.29) is 42.0 Å². The molecule has 7 nitrogen and oxygen atoms in total. The van der Waals surface area contributed by atoms with Crippen molar-refractivity contribution in [1.29, 1.82) is 0 Å². The van der Waals surface area contributed by atoms with Gasteiger partial charge in [0.15, 0.2) is 0 Å². The summed E-state index contributed by atoms with van der Waals surface area (Å²) in [6, 6.07) is 1.73. The van der Waals surface area contributed by atoms with Crippen LogP contribution in [-0.2, 0) is 10.0 Å². The van der Waals surface area contributed by atoms with E-state index in [9.17, 15) is 22.9 Å². The van der Waals surface area contributed by atoms with Gasteiger partial charge in [-0.2, -0.15) is 4.31 Å². The maximum atomic E-state index is 13.8. The lowest BCUT2D eigenvalue weighted by Gasteiger charge is -2.31. The van der Waals surface area contributed by atoms with Crippen molar-refractivity contribution >= 4 is 28.1 Å². The number of nitro benzene ring substituents is 1. The van der Waals surface area contributed by atoms with E-state index in [1.165, 1.54) is 11.2 Å². The summed E-state index contributed by atoms with van der Waals surface area (Å²) in [5.41, 5.74) is -0.704. The lowest BCUT2D eigenvalue weighted by Crippen LogP contribution is -2.51. The summed E-state index contributed by atoms with van der Waals surface area (Å²) in [5, 5.41) is 14.0. The van der Waals surface area contributed by atoms with Crippen LogP contribution in [0, 0.1) is 22.9 Å². The van der Waals surface area contributed by atoms with Crippen molar-refractivity contribution < 1.29 is 17.7 Å². The first-order valence-electron chi connectivity index (χ1n) is 6.41. The molecule has 0 aromatic heterocycles. The Morgan fingerprint density at radius 3 is 2.64 bits per heavy atom. The molecular formula is C12H17ClFN3O4S. The Hall–Kier alpha value is -1.29. The minimum atomic E-state index is -3.94. The molecule has 2 rings (SSSR count). The highest BCUT2D eigenvalue weighted by atomic mass is 35.5. The average Bonchev–Trinajstić information content (AvgIpc) is 2.41. The van der Waals surface area contributed by atoms with Crippen LogP contribution in [0.1, 0.15) is 12.5 Å². The molecular weight excluding hydrogens is 337 g/mol.